The van der Waals surface area contributed by atoms with E-state index < -0.39 is 5.41 Å². The molecule has 0 heterocycles. The van der Waals surface area contributed by atoms with Crippen LogP contribution >= 0.6 is 0 Å². The zero-order chi connectivity index (χ0) is 15.5. The molecular formula is C18H24O3. The summed E-state index contributed by atoms with van der Waals surface area (Å²) in [5.41, 5.74) is 1.81. The van der Waals surface area contributed by atoms with Crippen LogP contribution in [0.2, 0.25) is 0 Å². The van der Waals surface area contributed by atoms with Gasteiger partial charge >= 0.3 is 0 Å². The fraction of sp³-hybridized carbons (Fsp3) is 0.556. The zero-order valence-electron chi connectivity index (χ0n) is 13.2. The lowest BCUT2D eigenvalue weighted by atomic mass is 9.70. The third-order valence-electron chi connectivity index (χ3n) is 4.72. The van der Waals surface area contributed by atoms with Gasteiger partial charge in [0.05, 0.1) is 12.5 Å². The number of benzene rings is 1. The minimum absolute atomic E-state index is 0.148. The Hall–Kier alpha value is -1.64. The molecular weight excluding hydrogens is 264 g/mol. The first-order valence-electron chi connectivity index (χ1n) is 7.73. The molecule has 3 nitrogen and oxygen atoms in total. The molecule has 0 amide bonds. The molecule has 1 aliphatic carbocycles. The predicted molar refractivity (Wildman–Crippen MR) is 82.8 cm³/mol. The lowest BCUT2D eigenvalue weighted by molar-refractivity contribution is -0.125. The van der Waals surface area contributed by atoms with Crippen LogP contribution in [-0.2, 0) is 21.4 Å². The number of fused-ring (bicyclic) bond motifs is 1. The summed E-state index contributed by atoms with van der Waals surface area (Å²) in [7, 11) is 1.66. The summed E-state index contributed by atoms with van der Waals surface area (Å²) in [5, 5.41) is 0. The molecule has 0 aromatic heterocycles. The molecule has 114 valence electrons. The third kappa shape index (κ3) is 3.02. The maximum absolute atomic E-state index is 12.8. The Morgan fingerprint density at radius 1 is 1.33 bits per heavy atom. The fourth-order valence-electron chi connectivity index (χ4n) is 3.43. The number of carbonyl (C=O) groups is 2. The largest absolute Gasteiger partial charge is 0.497 e. The second kappa shape index (κ2) is 6.42. The Morgan fingerprint density at radius 3 is 2.71 bits per heavy atom. The van der Waals surface area contributed by atoms with Crippen molar-refractivity contribution in [2.24, 2.45) is 0 Å². The Balaban J connectivity index is 2.51. The molecule has 0 bridgehead atoms. The summed E-state index contributed by atoms with van der Waals surface area (Å²) in [6, 6.07) is 6.00. The average molecular weight is 288 g/mol. The van der Waals surface area contributed by atoms with E-state index in [1.54, 1.807) is 14.0 Å². The summed E-state index contributed by atoms with van der Waals surface area (Å²) < 4.78 is 5.31. The summed E-state index contributed by atoms with van der Waals surface area (Å²) in [5.74, 6) is 1.27. The number of aryl methyl sites for hydroxylation is 1. The molecule has 1 aliphatic rings. The van der Waals surface area contributed by atoms with E-state index in [9.17, 15) is 9.59 Å². The number of carbonyl (C=O) groups excluding carboxylic acids is 2. The van der Waals surface area contributed by atoms with Crippen LogP contribution in [0, 0.1) is 0 Å². The van der Waals surface area contributed by atoms with Crippen molar-refractivity contribution in [2.45, 2.75) is 57.8 Å². The Kier molecular flexibility index (Phi) is 4.81. The van der Waals surface area contributed by atoms with Gasteiger partial charge in [0.2, 0.25) is 0 Å². The highest BCUT2D eigenvalue weighted by molar-refractivity contribution is 5.92. The van der Waals surface area contributed by atoms with E-state index in [1.807, 2.05) is 18.2 Å². The van der Waals surface area contributed by atoms with Crippen molar-refractivity contribution >= 4 is 11.6 Å². The van der Waals surface area contributed by atoms with Gasteiger partial charge < -0.3 is 9.53 Å². The molecule has 0 saturated carbocycles. The van der Waals surface area contributed by atoms with Crippen LogP contribution in [0.15, 0.2) is 18.2 Å². The van der Waals surface area contributed by atoms with Gasteiger partial charge in [-0.15, -0.1) is 0 Å². The van der Waals surface area contributed by atoms with E-state index >= 15 is 0 Å². The van der Waals surface area contributed by atoms with Gasteiger partial charge in [-0.1, -0.05) is 13.0 Å². The first-order chi connectivity index (χ1) is 10.0. The summed E-state index contributed by atoms with van der Waals surface area (Å²) >= 11 is 0. The SMILES string of the molecule is CC[C@]1(CCC(C)=O)C(=O)CCCc2cc(OC)ccc21. The van der Waals surface area contributed by atoms with Crippen molar-refractivity contribution in [3.63, 3.8) is 0 Å². The highest BCUT2D eigenvalue weighted by atomic mass is 16.5. The van der Waals surface area contributed by atoms with Crippen LogP contribution in [0.4, 0.5) is 0 Å². The van der Waals surface area contributed by atoms with Crippen molar-refractivity contribution in [1.29, 1.82) is 0 Å². The molecule has 0 radical (unpaired) electrons. The maximum atomic E-state index is 12.8. The average Bonchev–Trinajstić information content (AvgIpc) is 2.61. The number of Topliss-reactive ketones (excluding diaryl/α,β-unsaturated/α-hetero) is 2. The van der Waals surface area contributed by atoms with Crippen molar-refractivity contribution < 1.29 is 14.3 Å². The summed E-state index contributed by atoms with van der Waals surface area (Å²) in [6.07, 6.45) is 4.21. The van der Waals surface area contributed by atoms with Gasteiger partial charge in [-0.25, -0.2) is 0 Å². The minimum Gasteiger partial charge on any atom is -0.497 e. The van der Waals surface area contributed by atoms with Crippen molar-refractivity contribution in [2.75, 3.05) is 7.11 Å². The quantitative estimate of drug-likeness (QED) is 0.777. The Bertz CT molecular complexity index is 547. The van der Waals surface area contributed by atoms with Crippen molar-refractivity contribution in [1.82, 2.24) is 0 Å². The first-order valence-corrected chi connectivity index (χ1v) is 7.73. The van der Waals surface area contributed by atoms with E-state index in [1.165, 1.54) is 5.56 Å². The molecule has 3 heteroatoms. The van der Waals surface area contributed by atoms with Crippen LogP contribution in [-0.4, -0.2) is 18.7 Å². The monoisotopic (exact) mass is 288 g/mol. The van der Waals surface area contributed by atoms with Crippen LogP contribution < -0.4 is 4.74 Å². The molecule has 1 aromatic carbocycles. The highest BCUT2D eigenvalue weighted by Gasteiger charge is 2.40. The topological polar surface area (TPSA) is 43.4 Å². The molecule has 0 spiro atoms. The van der Waals surface area contributed by atoms with E-state index in [0.29, 0.717) is 19.3 Å². The number of hydrogen-bond donors (Lipinski definition) is 0. The van der Waals surface area contributed by atoms with Crippen LogP contribution in [0.3, 0.4) is 0 Å². The predicted octanol–water partition coefficient (Wildman–Crippen LogP) is 3.62. The second-order valence-corrected chi connectivity index (χ2v) is 5.94. The van der Waals surface area contributed by atoms with Gasteiger partial charge in [0.1, 0.15) is 17.3 Å². The van der Waals surface area contributed by atoms with E-state index in [4.69, 9.17) is 4.74 Å². The van der Waals surface area contributed by atoms with Gasteiger partial charge in [0.15, 0.2) is 0 Å². The molecule has 0 fully saturated rings. The summed E-state index contributed by atoms with van der Waals surface area (Å²) in [6.45, 7) is 3.65. The molecule has 1 aromatic rings. The van der Waals surface area contributed by atoms with E-state index in [2.05, 4.69) is 6.92 Å². The number of hydrogen-bond acceptors (Lipinski definition) is 3. The van der Waals surface area contributed by atoms with Gasteiger partial charge in [0, 0.05) is 12.8 Å². The van der Waals surface area contributed by atoms with Crippen LogP contribution in [0.25, 0.3) is 0 Å². The van der Waals surface area contributed by atoms with Crippen molar-refractivity contribution in [3.8, 4) is 5.75 Å². The van der Waals surface area contributed by atoms with E-state index in [-0.39, 0.29) is 11.6 Å². The standard InChI is InChI=1S/C18H24O3/c1-4-18(11-10-13(2)19)16-9-8-15(21-3)12-14(16)6-5-7-17(18)20/h8-9,12H,4-7,10-11H2,1-3H3/t18-/m1/s1. The molecule has 1 atom stereocenters. The van der Waals surface area contributed by atoms with E-state index in [0.717, 1.165) is 30.6 Å². The number of ketones is 2. The molecule has 0 aliphatic heterocycles. The smallest absolute Gasteiger partial charge is 0.143 e. The molecule has 0 saturated heterocycles. The number of ether oxygens (including phenoxy) is 1. The number of methoxy groups -OCH3 is 1. The van der Waals surface area contributed by atoms with Gasteiger partial charge in [-0.3, -0.25) is 4.79 Å². The lowest BCUT2D eigenvalue weighted by Gasteiger charge is -2.32. The normalized spacial score (nSPS) is 21.6. The van der Waals surface area contributed by atoms with Crippen molar-refractivity contribution in [3.05, 3.63) is 29.3 Å². The first kappa shape index (κ1) is 15.7. The van der Waals surface area contributed by atoms with Crippen LogP contribution in [0.5, 0.6) is 5.75 Å². The Morgan fingerprint density at radius 2 is 2.10 bits per heavy atom. The van der Waals surface area contributed by atoms with Gasteiger partial charge in [0.25, 0.3) is 0 Å². The molecule has 0 unspecified atom stereocenters. The fourth-order valence-corrected chi connectivity index (χ4v) is 3.43. The second-order valence-electron chi connectivity index (χ2n) is 5.94. The Labute approximate surface area is 126 Å². The highest BCUT2D eigenvalue weighted by Crippen LogP contribution is 2.41. The molecule has 2 rings (SSSR count). The zero-order valence-corrected chi connectivity index (χ0v) is 13.2. The lowest BCUT2D eigenvalue weighted by Crippen LogP contribution is -2.35. The minimum atomic E-state index is -0.496. The van der Waals surface area contributed by atoms with Gasteiger partial charge in [-0.05, 0) is 55.9 Å². The van der Waals surface area contributed by atoms with Gasteiger partial charge in [-0.2, -0.15) is 0 Å². The number of rotatable bonds is 5. The third-order valence-corrected chi connectivity index (χ3v) is 4.72. The summed E-state index contributed by atoms with van der Waals surface area (Å²) in [4.78, 5) is 24.2. The van der Waals surface area contributed by atoms with Crippen LogP contribution in [0.1, 0.15) is 57.1 Å². The molecule has 21 heavy (non-hydrogen) atoms. The maximum Gasteiger partial charge on any atom is 0.143 e. The molecule has 0 N–H and O–H groups in total.